The zero-order valence-corrected chi connectivity index (χ0v) is 13.4. The van der Waals surface area contributed by atoms with E-state index in [1.165, 1.54) is 23.9 Å². The van der Waals surface area contributed by atoms with Gasteiger partial charge in [-0.1, -0.05) is 30.3 Å². The number of hydrogen-bond donors (Lipinski definition) is 2. The van der Waals surface area contributed by atoms with E-state index in [2.05, 4.69) is 27.5 Å². The van der Waals surface area contributed by atoms with E-state index in [1.807, 2.05) is 6.26 Å². The molecule has 0 spiro atoms. The maximum atomic E-state index is 13.5. The van der Waals surface area contributed by atoms with Crippen molar-refractivity contribution in [2.45, 2.75) is 18.5 Å². The Morgan fingerprint density at radius 3 is 2.67 bits per heavy atom. The van der Waals surface area contributed by atoms with Crippen LogP contribution in [0.4, 0.5) is 21.7 Å². The molecular formula is C14H16ClFN4S. The number of benzene rings is 1. The minimum absolute atomic E-state index is 0.0957. The molecule has 0 aliphatic rings. The first kappa shape index (κ1) is 15.9. The van der Waals surface area contributed by atoms with E-state index in [4.69, 9.17) is 11.6 Å². The van der Waals surface area contributed by atoms with E-state index in [0.717, 1.165) is 18.8 Å². The number of nitrogens with zero attached hydrogens (tertiary/aromatic N) is 2. The molecule has 21 heavy (non-hydrogen) atoms. The van der Waals surface area contributed by atoms with Gasteiger partial charge >= 0.3 is 0 Å². The standard InChI is InChI=1S/C14H16ClFN4S/c1-3-6-17-12-8-13(20-14(19-12)21-2)18-9-4-5-10(15)11(16)7-9/h4-5,7-8H,3,6H2,1-2H3,(H2,17,18,19,20). The van der Waals surface area contributed by atoms with E-state index in [-0.39, 0.29) is 5.02 Å². The van der Waals surface area contributed by atoms with Crippen LogP contribution in [0.25, 0.3) is 0 Å². The molecule has 0 saturated heterocycles. The lowest BCUT2D eigenvalue weighted by Crippen LogP contribution is -2.05. The van der Waals surface area contributed by atoms with E-state index < -0.39 is 5.82 Å². The number of anilines is 3. The van der Waals surface area contributed by atoms with E-state index in [9.17, 15) is 4.39 Å². The van der Waals surface area contributed by atoms with Gasteiger partial charge in [-0.15, -0.1) is 0 Å². The number of rotatable bonds is 6. The van der Waals surface area contributed by atoms with Crippen molar-refractivity contribution in [3.05, 3.63) is 35.1 Å². The van der Waals surface area contributed by atoms with Crippen molar-refractivity contribution >= 4 is 40.7 Å². The second-order valence-corrected chi connectivity index (χ2v) is 5.49. The monoisotopic (exact) mass is 326 g/mol. The van der Waals surface area contributed by atoms with Crippen LogP contribution < -0.4 is 10.6 Å². The molecule has 0 radical (unpaired) electrons. The molecule has 1 aromatic carbocycles. The molecule has 7 heteroatoms. The molecule has 4 nitrogen and oxygen atoms in total. The van der Waals surface area contributed by atoms with Crippen molar-refractivity contribution in [2.75, 3.05) is 23.4 Å². The molecule has 1 aromatic heterocycles. The largest absolute Gasteiger partial charge is 0.370 e. The van der Waals surface area contributed by atoms with Crippen LogP contribution in [-0.2, 0) is 0 Å². The molecule has 0 unspecified atom stereocenters. The number of thioether (sulfide) groups is 1. The molecule has 2 rings (SSSR count). The molecule has 112 valence electrons. The normalized spacial score (nSPS) is 10.5. The molecule has 0 aliphatic carbocycles. The Bertz CT molecular complexity index is 624. The van der Waals surface area contributed by atoms with Gasteiger partial charge in [0.2, 0.25) is 0 Å². The minimum Gasteiger partial charge on any atom is -0.370 e. The van der Waals surface area contributed by atoms with Gasteiger partial charge in [-0.05, 0) is 30.9 Å². The Morgan fingerprint density at radius 1 is 1.24 bits per heavy atom. The average molecular weight is 327 g/mol. The average Bonchev–Trinajstić information content (AvgIpc) is 2.48. The smallest absolute Gasteiger partial charge is 0.191 e. The van der Waals surface area contributed by atoms with Crippen LogP contribution in [0, 0.1) is 5.82 Å². The molecule has 2 aromatic rings. The second-order valence-electron chi connectivity index (χ2n) is 4.31. The fourth-order valence-electron chi connectivity index (χ4n) is 1.65. The predicted molar refractivity (Wildman–Crippen MR) is 87.3 cm³/mol. The lowest BCUT2D eigenvalue weighted by Gasteiger charge is -2.10. The van der Waals surface area contributed by atoms with Crippen LogP contribution in [0.5, 0.6) is 0 Å². The van der Waals surface area contributed by atoms with Crippen LogP contribution in [0.15, 0.2) is 29.4 Å². The zero-order chi connectivity index (χ0) is 15.2. The highest BCUT2D eigenvalue weighted by Crippen LogP contribution is 2.23. The summed E-state index contributed by atoms with van der Waals surface area (Å²) in [5.41, 5.74) is 0.587. The number of halogens is 2. The number of hydrogen-bond acceptors (Lipinski definition) is 5. The Balaban J connectivity index is 2.23. The van der Waals surface area contributed by atoms with Gasteiger partial charge in [0.25, 0.3) is 0 Å². The lowest BCUT2D eigenvalue weighted by atomic mass is 10.3. The number of nitrogens with one attached hydrogen (secondary N) is 2. The van der Waals surface area contributed by atoms with Crippen LogP contribution in [-0.4, -0.2) is 22.8 Å². The van der Waals surface area contributed by atoms with Crippen LogP contribution in [0.2, 0.25) is 5.02 Å². The Morgan fingerprint density at radius 2 is 2.00 bits per heavy atom. The molecule has 0 saturated carbocycles. The lowest BCUT2D eigenvalue weighted by molar-refractivity contribution is 0.629. The van der Waals surface area contributed by atoms with E-state index >= 15 is 0 Å². The van der Waals surface area contributed by atoms with Crippen molar-refractivity contribution in [3.63, 3.8) is 0 Å². The third-order valence-electron chi connectivity index (χ3n) is 2.64. The van der Waals surface area contributed by atoms with Gasteiger partial charge in [-0.3, -0.25) is 0 Å². The van der Waals surface area contributed by atoms with Crippen molar-refractivity contribution in [3.8, 4) is 0 Å². The van der Waals surface area contributed by atoms with Gasteiger partial charge in [0.1, 0.15) is 17.5 Å². The molecule has 0 atom stereocenters. The predicted octanol–water partition coefficient (Wildman–Crippen LogP) is 4.56. The van der Waals surface area contributed by atoms with E-state index in [1.54, 1.807) is 12.1 Å². The molecule has 0 amide bonds. The summed E-state index contributed by atoms with van der Waals surface area (Å²) in [5.74, 6) is 0.882. The fraction of sp³-hybridized carbons (Fsp3) is 0.286. The molecular weight excluding hydrogens is 311 g/mol. The molecule has 0 aliphatic heterocycles. The van der Waals surface area contributed by atoms with Crippen molar-refractivity contribution in [1.82, 2.24) is 9.97 Å². The minimum atomic E-state index is -0.467. The highest BCUT2D eigenvalue weighted by atomic mass is 35.5. The van der Waals surface area contributed by atoms with E-state index in [0.29, 0.717) is 16.7 Å². The van der Waals surface area contributed by atoms with Crippen LogP contribution in [0.1, 0.15) is 13.3 Å². The summed E-state index contributed by atoms with van der Waals surface area (Å²) in [7, 11) is 0. The second kappa shape index (κ2) is 7.47. The van der Waals surface area contributed by atoms with Gasteiger partial charge in [0.05, 0.1) is 5.02 Å². The maximum absolute atomic E-state index is 13.5. The Labute approximate surface area is 132 Å². The first-order valence-electron chi connectivity index (χ1n) is 6.51. The van der Waals surface area contributed by atoms with Crippen molar-refractivity contribution in [1.29, 1.82) is 0 Å². The van der Waals surface area contributed by atoms with Gasteiger partial charge in [0.15, 0.2) is 5.16 Å². The Kier molecular flexibility index (Phi) is 5.64. The summed E-state index contributed by atoms with van der Waals surface area (Å²) >= 11 is 7.12. The highest BCUT2D eigenvalue weighted by molar-refractivity contribution is 7.98. The van der Waals surface area contributed by atoms with Crippen LogP contribution in [0.3, 0.4) is 0 Å². The summed E-state index contributed by atoms with van der Waals surface area (Å²) in [6.07, 6.45) is 2.91. The highest BCUT2D eigenvalue weighted by Gasteiger charge is 2.06. The van der Waals surface area contributed by atoms with Crippen molar-refractivity contribution < 1.29 is 4.39 Å². The summed E-state index contributed by atoms with van der Waals surface area (Å²) in [6, 6.07) is 6.34. The quantitative estimate of drug-likeness (QED) is 0.602. The molecule has 0 fully saturated rings. The maximum Gasteiger partial charge on any atom is 0.191 e. The van der Waals surface area contributed by atoms with Gasteiger partial charge in [-0.2, -0.15) is 0 Å². The zero-order valence-electron chi connectivity index (χ0n) is 11.8. The molecule has 2 N–H and O–H groups in total. The van der Waals surface area contributed by atoms with Crippen molar-refractivity contribution in [2.24, 2.45) is 0 Å². The first-order valence-corrected chi connectivity index (χ1v) is 8.11. The van der Waals surface area contributed by atoms with Gasteiger partial charge in [-0.25, -0.2) is 14.4 Å². The third kappa shape index (κ3) is 4.47. The summed E-state index contributed by atoms with van der Waals surface area (Å²) in [6.45, 7) is 2.92. The van der Waals surface area contributed by atoms with Gasteiger partial charge in [0, 0.05) is 18.3 Å². The first-order chi connectivity index (χ1) is 10.1. The Hall–Kier alpha value is -1.53. The summed E-state index contributed by atoms with van der Waals surface area (Å²) < 4.78 is 13.5. The summed E-state index contributed by atoms with van der Waals surface area (Å²) in [4.78, 5) is 8.72. The molecule has 1 heterocycles. The number of aromatic nitrogens is 2. The van der Waals surface area contributed by atoms with Gasteiger partial charge < -0.3 is 10.6 Å². The summed E-state index contributed by atoms with van der Waals surface area (Å²) in [5, 5.41) is 7.02. The SMILES string of the molecule is CCCNc1cc(Nc2ccc(Cl)c(F)c2)nc(SC)n1. The topological polar surface area (TPSA) is 49.8 Å². The fourth-order valence-corrected chi connectivity index (χ4v) is 2.14. The van der Waals surface area contributed by atoms with Crippen LogP contribution >= 0.6 is 23.4 Å². The molecule has 0 bridgehead atoms. The third-order valence-corrected chi connectivity index (χ3v) is 3.49.